The summed E-state index contributed by atoms with van der Waals surface area (Å²) in [6.45, 7) is 3.11. The van der Waals surface area contributed by atoms with Crippen molar-refractivity contribution in [1.82, 2.24) is 14.3 Å². The van der Waals surface area contributed by atoms with Crippen molar-refractivity contribution in [2.24, 2.45) is 0 Å². The van der Waals surface area contributed by atoms with Gasteiger partial charge in [-0.1, -0.05) is 12.1 Å². The topological polar surface area (TPSA) is 156 Å². The molecule has 0 unspecified atom stereocenters. The van der Waals surface area contributed by atoms with Gasteiger partial charge in [0.15, 0.2) is 0 Å². The molecule has 13 heteroatoms. The van der Waals surface area contributed by atoms with E-state index in [1.165, 1.54) is 42.5 Å². The molecule has 4 rings (SSSR count). The SMILES string of the molecule is Cc1cc(C)nc(NS(=O)(=O)c2ccc(NC(=O)CCN3C(=O)c4ccccc4S3(=O)=O)cc2)n1. The molecule has 2 N–H and O–H groups in total. The summed E-state index contributed by atoms with van der Waals surface area (Å²) in [5.41, 5.74) is 1.60. The van der Waals surface area contributed by atoms with Crippen molar-refractivity contribution >= 4 is 43.5 Å². The molecule has 0 saturated heterocycles. The van der Waals surface area contributed by atoms with Crippen molar-refractivity contribution in [1.29, 1.82) is 0 Å². The van der Waals surface area contributed by atoms with Crippen molar-refractivity contribution in [3.05, 3.63) is 71.5 Å². The number of amides is 2. The van der Waals surface area contributed by atoms with Gasteiger partial charge in [0.05, 0.1) is 10.5 Å². The summed E-state index contributed by atoms with van der Waals surface area (Å²) in [7, 11) is -7.95. The maximum atomic E-state index is 12.6. The molecule has 35 heavy (non-hydrogen) atoms. The van der Waals surface area contributed by atoms with Crippen LogP contribution in [0.1, 0.15) is 28.2 Å². The van der Waals surface area contributed by atoms with Gasteiger partial charge in [0, 0.05) is 30.0 Å². The van der Waals surface area contributed by atoms with Gasteiger partial charge in [0.2, 0.25) is 11.9 Å². The Labute approximate surface area is 202 Å². The van der Waals surface area contributed by atoms with Gasteiger partial charge in [-0.05, 0) is 56.3 Å². The molecule has 2 aromatic carbocycles. The molecule has 0 spiro atoms. The van der Waals surface area contributed by atoms with Crippen LogP contribution in [0.25, 0.3) is 0 Å². The second-order valence-corrected chi connectivity index (χ2v) is 11.3. The Hall–Kier alpha value is -3.84. The van der Waals surface area contributed by atoms with Crippen molar-refractivity contribution in [3.63, 3.8) is 0 Å². The van der Waals surface area contributed by atoms with Crippen LogP contribution in [-0.2, 0) is 24.8 Å². The van der Waals surface area contributed by atoms with Gasteiger partial charge in [-0.2, -0.15) is 0 Å². The average molecular weight is 516 g/mol. The number of rotatable bonds is 7. The van der Waals surface area contributed by atoms with E-state index in [2.05, 4.69) is 20.0 Å². The van der Waals surface area contributed by atoms with E-state index in [0.29, 0.717) is 21.4 Å². The van der Waals surface area contributed by atoms with Crippen molar-refractivity contribution in [2.45, 2.75) is 30.1 Å². The minimum absolute atomic E-state index is 0.0477. The van der Waals surface area contributed by atoms with E-state index in [9.17, 15) is 26.4 Å². The highest BCUT2D eigenvalue weighted by Crippen LogP contribution is 2.30. The Morgan fingerprint density at radius 1 is 1.00 bits per heavy atom. The molecule has 11 nitrogen and oxygen atoms in total. The fourth-order valence-electron chi connectivity index (χ4n) is 3.55. The predicted octanol–water partition coefficient (Wildman–Crippen LogP) is 2.07. The average Bonchev–Trinajstić information content (AvgIpc) is 2.97. The number of hydrogen-bond acceptors (Lipinski definition) is 8. The second-order valence-electron chi connectivity index (χ2n) is 7.78. The molecule has 1 aliphatic rings. The Morgan fingerprint density at radius 3 is 2.26 bits per heavy atom. The number of benzene rings is 2. The molecule has 0 fully saturated rings. The Balaban J connectivity index is 1.38. The number of nitrogens with zero attached hydrogens (tertiary/aromatic N) is 3. The predicted molar refractivity (Wildman–Crippen MR) is 127 cm³/mol. The van der Waals surface area contributed by atoms with Crippen LogP contribution in [0.15, 0.2) is 64.4 Å². The van der Waals surface area contributed by atoms with Crippen LogP contribution in [0, 0.1) is 13.8 Å². The van der Waals surface area contributed by atoms with E-state index in [1.807, 2.05) is 0 Å². The van der Waals surface area contributed by atoms with Gasteiger partial charge in [0.1, 0.15) is 4.90 Å². The van der Waals surface area contributed by atoms with Gasteiger partial charge in [-0.3, -0.25) is 9.59 Å². The van der Waals surface area contributed by atoms with Gasteiger partial charge in [0.25, 0.3) is 26.0 Å². The Bertz CT molecular complexity index is 1520. The molecule has 0 atom stereocenters. The molecule has 1 aliphatic heterocycles. The van der Waals surface area contributed by atoms with Gasteiger partial charge in [-0.25, -0.2) is 35.8 Å². The molecule has 182 valence electrons. The van der Waals surface area contributed by atoms with Crippen LogP contribution < -0.4 is 10.0 Å². The van der Waals surface area contributed by atoms with Crippen LogP contribution in [0.4, 0.5) is 11.6 Å². The van der Waals surface area contributed by atoms with Crippen LogP contribution in [0.2, 0.25) is 0 Å². The molecule has 2 heterocycles. The van der Waals surface area contributed by atoms with E-state index >= 15 is 0 Å². The van der Waals surface area contributed by atoms with E-state index < -0.39 is 31.9 Å². The highest BCUT2D eigenvalue weighted by molar-refractivity contribution is 7.92. The third-order valence-electron chi connectivity index (χ3n) is 5.11. The molecule has 0 aliphatic carbocycles. The van der Waals surface area contributed by atoms with Crippen LogP contribution in [0.3, 0.4) is 0 Å². The summed E-state index contributed by atoms with van der Waals surface area (Å²) in [5.74, 6) is -1.27. The molecule has 1 aromatic heterocycles. The summed E-state index contributed by atoms with van der Waals surface area (Å²) in [6, 6.07) is 12.9. The smallest absolute Gasteiger partial charge is 0.269 e. The van der Waals surface area contributed by atoms with E-state index in [4.69, 9.17) is 0 Å². The maximum absolute atomic E-state index is 12.6. The lowest BCUT2D eigenvalue weighted by molar-refractivity contribution is -0.116. The lowest BCUT2D eigenvalue weighted by Crippen LogP contribution is -2.33. The highest BCUT2D eigenvalue weighted by atomic mass is 32.2. The number of aromatic nitrogens is 2. The first-order chi connectivity index (χ1) is 16.5. The van der Waals surface area contributed by atoms with Crippen molar-refractivity contribution < 1.29 is 26.4 Å². The number of aryl methyl sites for hydroxylation is 2. The summed E-state index contributed by atoms with van der Waals surface area (Å²) in [5, 5.41) is 2.56. The Morgan fingerprint density at radius 2 is 1.63 bits per heavy atom. The van der Waals surface area contributed by atoms with Gasteiger partial charge >= 0.3 is 0 Å². The zero-order valence-electron chi connectivity index (χ0n) is 18.7. The molecule has 2 amide bonds. The number of hydrogen-bond donors (Lipinski definition) is 2. The zero-order chi connectivity index (χ0) is 25.4. The fourth-order valence-corrected chi connectivity index (χ4v) is 6.06. The van der Waals surface area contributed by atoms with Gasteiger partial charge < -0.3 is 5.32 Å². The first kappa shape index (κ1) is 24.3. The summed E-state index contributed by atoms with van der Waals surface area (Å²) >= 11 is 0. The van der Waals surface area contributed by atoms with Crippen molar-refractivity contribution in [3.8, 4) is 0 Å². The molecule has 0 saturated carbocycles. The zero-order valence-corrected chi connectivity index (χ0v) is 20.4. The maximum Gasteiger partial charge on any atom is 0.269 e. The molecule has 0 radical (unpaired) electrons. The number of nitrogens with one attached hydrogen (secondary N) is 2. The summed E-state index contributed by atoms with van der Waals surface area (Å²) in [6.07, 6.45) is -0.273. The number of fused-ring (bicyclic) bond motifs is 1. The number of carbonyl (C=O) groups is 2. The Kier molecular flexibility index (Phi) is 6.30. The summed E-state index contributed by atoms with van der Waals surface area (Å²) in [4.78, 5) is 32.7. The van der Waals surface area contributed by atoms with Gasteiger partial charge in [-0.15, -0.1) is 0 Å². The first-order valence-corrected chi connectivity index (χ1v) is 13.3. The standard InChI is InChI=1S/C22H21N5O6S2/c1-14-13-15(2)24-22(23-14)26-34(30,31)17-9-7-16(8-10-17)25-20(28)11-12-27-21(29)18-5-3-4-6-19(18)35(27,32)33/h3-10,13H,11-12H2,1-2H3,(H,25,28)(H,23,24,26). The highest BCUT2D eigenvalue weighted by Gasteiger charge is 2.40. The molecule has 0 bridgehead atoms. The van der Waals surface area contributed by atoms with Crippen LogP contribution in [0.5, 0.6) is 0 Å². The fraction of sp³-hybridized carbons (Fsp3) is 0.182. The second kappa shape index (κ2) is 9.07. The number of sulfonamides is 2. The monoisotopic (exact) mass is 515 g/mol. The molecule has 3 aromatic rings. The largest absolute Gasteiger partial charge is 0.326 e. The first-order valence-electron chi connectivity index (χ1n) is 10.4. The molecular weight excluding hydrogens is 494 g/mol. The minimum atomic E-state index is -4.00. The van der Waals surface area contributed by atoms with Crippen molar-refractivity contribution in [2.75, 3.05) is 16.6 Å². The van der Waals surface area contributed by atoms with Crippen LogP contribution >= 0.6 is 0 Å². The lowest BCUT2D eigenvalue weighted by Gasteiger charge is -2.15. The third-order valence-corrected chi connectivity index (χ3v) is 8.29. The lowest BCUT2D eigenvalue weighted by atomic mass is 10.2. The summed E-state index contributed by atoms with van der Waals surface area (Å²) < 4.78 is 53.4. The third kappa shape index (κ3) is 5.00. The van der Waals surface area contributed by atoms with Crippen LogP contribution in [-0.4, -0.2) is 49.5 Å². The minimum Gasteiger partial charge on any atom is -0.326 e. The number of carbonyl (C=O) groups excluding carboxylic acids is 2. The van der Waals surface area contributed by atoms with E-state index in [-0.39, 0.29) is 34.3 Å². The quantitative estimate of drug-likeness (QED) is 0.484. The van der Waals surface area contributed by atoms with E-state index in [0.717, 1.165) is 0 Å². The normalized spacial score (nSPS) is 14.5. The van der Waals surface area contributed by atoms with E-state index in [1.54, 1.807) is 26.0 Å². The number of anilines is 2. The molecular formula is C22H21N5O6S2.